The number of nitrogens with zero attached hydrogens (tertiary/aromatic N) is 4. The third-order valence-electron chi connectivity index (χ3n) is 4.63. The van der Waals surface area contributed by atoms with E-state index in [0.29, 0.717) is 29.0 Å². The molecule has 0 bridgehead atoms. The van der Waals surface area contributed by atoms with Gasteiger partial charge in [0.2, 0.25) is 0 Å². The lowest BCUT2D eigenvalue weighted by atomic mass is 10.1. The molecular weight excluding hydrogens is 384 g/mol. The van der Waals surface area contributed by atoms with Crippen molar-refractivity contribution in [3.05, 3.63) is 83.0 Å². The fourth-order valence-electron chi connectivity index (χ4n) is 3.05. The van der Waals surface area contributed by atoms with E-state index in [1.807, 2.05) is 67.7 Å². The molecule has 4 aromatic rings. The van der Waals surface area contributed by atoms with E-state index in [2.05, 4.69) is 20.6 Å². The number of hydrogen-bond donors (Lipinski definition) is 2. The molecule has 0 radical (unpaired) electrons. The van der Waals surface area contributed by atoms with Crippen LogP contribution in [0, 0.1) is 4.77 Å². The van der Waals surface area contributed by atoms with Crippen molar-refractivity contribution in [3.63, 3.8) is 0 Å². The first-order chi connectivity index (χ1) is 14.1. The van der Waals surface area contributed by atoms with Crippen LogP contribution < -0.4 is 5.32 Å². The van der Waals surface area contributed by atoms with Crippen LogP contribution in [0.15, 0.2) is 66.9 Å². The molecular formula is C21H20N6OS. The van der Waals surface area contributed by atoms with Crippen molar-refractivity contribution in [2.24, 2.45) is 7.05 Å². The van der Waals surface area contributed by atoms with Crippen molar-refractivity contribution in [2.75, 3.05) is 6.54 Å². The van der Waals surface area contributed by atoms with Crippen LogP contribution in [0.1, 0.15) is 16.2 Å². The predicted octanol–water partition coefficient (Wildman–Crippen LogP) is 3.30. The van der Waals surface area contributed by atoms with E-state index in [9.17, 15) is 4.79 Å². The molecule has 2 aromatic heterocycles. The third-order valence-corrected chi connectivity index (χ3v) is 5.00. The van der Waals surface area contributed by atoms with Gasteiger partial charge < -0.3 is 9.88 Å². The van der Waals surface area contributed by atoms with E-state index in [1.165, 1.54) is 0 Å². The second-order valence-electron chi connectivity index (χ2n) is 6.55. The van der Waals surface area contributed by atoms with Crippen LogP contribution >= 0.6 is 12.2 Å². The summed E-state index contributed by atoms with van der Waals surface area (Å²) in [7, 11) is 1.85. The predicted molar refractivity (Wildman–Crippen MR) is 113 cm³/mol. The number of nitrogens with one attached hydrogen (secondary N) is 2. The molecule has 0 fully saturated rings. The number of H-pyrrole nitrogens is 1. The Morgan fingerprint density at radius 2 is 1.79 bits per heavy atom. The second-order valence-corrected chi connectivity index (χ2v) is 6.93. The van der Waals surface area contributed by atoms with E-state index >= 15 is 0 Å². The molecule has 0 saturated carbocycles. The van der Waals surface area contributed by atoms with Gasteiger partial charge >= 0.3 is 0 Å². The van der Waals surface area contributed by atoms with Crippen molar-refractivity contribution in [3.8, 4) is 16.9 Å². The molecule has 0 unspecified atom stereocenters. The van der Waals surface area contributed by atoms with Crippen LogP contribution in [0.3, 0.4) is 0 Å². The van der Waals surface area contributed by atoms with E-state index in [1.54, 1.807) is 15.4 Å². The summed E-state index contributed by atoms with van der Waals surface area (Å²) in [6.45, 7) is 0.442. The van der Waals surface area contributed by atoms with Gasteiger partial charge in [-0.3, -0.25) is 9.89 Å². The molecule has 1 amide bonds. The molecule has 2 N–H and O–H groups in total. The Balaban J connectivity index is 1.59. The average molecular weight is 404 g/mol. The summed E-state index contributed by atoms with van der Waals surface area (Å²) < 4.78 is 4.08. The van der Waals surface area contributed by atoms with Gasteiger partial charge in [0.25, 0.3) is 5.91 Å². The number of aromatic amines is 1. The number of carbonyl (C=O) groups excluding carboxylic acids is 1. The summed E-state index contributed by atoms with van der Waals surface area (Å²) in [6, 6.07) is 19.4. The molecule has 0 saturated heterocycles. The highest BCUT2D eigenvalue weighted by Crippen LogP contribution is 2.23. The lowest BCUT2D eigenvalue weighted by Gasteiger charge is -2.05. The molecule has 146 valence electrons. The van der Waals surface area contributed by atoms with Gasteiger partial charge in [0.15, 0.2) is 4.77 Å². The topological polar surface area (TPSA) is 80.5 Å². The maximum absolute atomic E-state index is 12.9. The highest BCUT2D eigenvalue weighted by molar-refractivity contribution is 7.71. The number of benzene rings is 2. The van der Waals surface area contributed by atoms with Gasteiger partial charge in [-0.2, -0.15) is 10.2 Å². The largest absolute Gasteiger partial charge is 0.351 e. The fourth-order valence-corrected chi connectivity index (χ4v) is 3.20. The van der Waals surface area contributed by atoms with Crippen molar-refractivity contribution in [1.29, 1.82) is 0 Å². The number of amides is 1. The molecule has 8 heteroatoms. The first-order valence-electron chi connectivity index (χ1n) is 9.22. The van der Waals surface area contributed by atoms with E-state index < -0.39 is 0 Å². The summed E-state index contributed by atoms with van der Waals surface area (Å²) in [5, 5.41) is 14.6. The minimum absolute atomic E-state index is 0.178. The number of aromatic nitrogens is 5. The molecule has 7 nitrogen and oxygen atoms in total. The van der Waals surface area contributed by atoms with E-state index in [4.69, 9.17) is 12.2 Å². The van der Waals surface area contributed by atoms with Crippen molar-refractivity contribution in [2.45, 2.75) is 6.42 Å². The van der Waals surface area contributed by atoms with Crippen LogP contribution in [-0.2, 0) is 13.5 Å². The smallest absolute Gasteiger partial charge is 0.255 e. The molecule has 0 aliphatic heterocycles. The second kappa shape index (κ2) is 8.24. The Hall–Kier alpha value is -3.52. The average Bonchev–Trinajstić information content (AvgIpc) is 3.34. The summed E-state index contributed by atoms with van der Waals surface area (Å²) >= 11 is 5.12. The summed E-state index contributed by atoms with van der Waals surface area (Å²) in [4.78, 5) is 12.9. The van der Waals surface area contributed by atoms with Crippen molar-refractivity contribution >= 4 is 18.1 Å². The Kier molecular flexibility index (Phi) is 5.35. The molecule has 0 atom stereocenters. The number of rotatable bonds is 6. The summed E-state index contributed by atoms with van der Waals surface area (Å²) in [6.07, 6.45) is 2.34. The minimum Gasteiger partial charge on any atom is -0.351 e. The summed E-state index contributed by atoms with van der Waals surface area (Å²) in [5.74, 6) is 0.612. The molecule has 2 heterocycles. The fraction of sp³-hybridized carbons (Fsp3) is 0.143. The molecule has 0 spiro atoms. The van der Waals surface area contributed by atoms with Gasteiger partial charge in [0.1, 0.15) is 11.5 Å². The zero-order valence-corrected chi connectivity index (χ0v) is 16.7. The van der Waals surface area contributed by atoms with Gasteiger partial charge in [-0.25, -0.2) is 4.68 Å². The lowest BCUT2D eigenvalue weighted by molar-refractivity contribution is 0.0954. The van der Waals surface area contributed by atoms with Crippen LogP contribution in [0.25, 0.3) is 16.9 Å². The third kappa shape index (κ3) is 4.02. The number of carbonyl (C=O) groups is 1. The van der Waals surface area contributed by atoms with Crippen LogP contribution in [-0.4, -0.2) is 37.0 Å². The highest BCUT2D eigenvalue weighted by Gasteiger charge is 2.18. The van der Waals surface area contributed by atoms with Gasteiger partial charge in [-0.15, -0.1) is 0 Å². The Morgan fingerprint density at radius 1 is 1.10 bits per heavy atom. The zero-order valence-electron chi connectivity index (χ0n) is 15.9. The number of para-hydroxylation sites is 1. The molecule has 29 heavy (non-hydrogen) atoms. The number of hydrogen-bond acceptors (Lipinski definition) is 4. The monoisotopic (exact) mass is 404 g/mol. The lowest BCUT2D eigenvalue weighted by Crippen LogP contribution is -2.26. The van der Waals surface area contributed by atoms with Gasteiger partial charge in [0.05, 0.1) is 11.3 Å². The normalized spacial score (nSPS) is 10.8. The van der Waals surface area contributed by atoms with Gasteiger partial charge in [-0.05, 0) is 24.4 Å². The van der Waals surface area contributed by atoms with Crippen molar-refractivity contribution < 1.29 is 4.79 Å². The molecule has 2 aromatic carbocycles. The quantitative estimate of drug-likeness (QED) is 0.483. The van der Waals surface area contributed by atoms with E-state index in [-0.39, 0.29) is 5.91 Å². The molecule has 4 rings (SSSR count). The maximum atomic E-state index is 12.9. The Labute approximate surface area is 173 Å². The maximum Gasteiger partial charge on any atom is 0.255 e. The summed E-state index contributed by atoms with van der Waals surface area (Å²) in [5.41, 5.74) is 2.95. The van der Waals surface area contributed by atoms with Crippen LogP contribution in [0.2, 0.25) is 0 Å². The van der Waals surface area contributed by atoms with Crippen LogP contribution in [0.5, 0.6) is 0 Å². The van der Waals surface area contributed by atoms with Gasteiger partial charge in [0, 0.05) is 31.8 Å². The SMILES string of the molecule is Cn1c(CCNC(=O)c2cn(-c3ccccc3)nc2-c2ccccc2)n[nH]c1=S. The molecule has 0 aliphatic rings. The highest BCUT2D eigenvalue weighted by atomic mass is 32.1. The van der Waals surface area contributed by atoms with Crippen molar-refractivity contribution in [1.82, 2.24) is 29.9 Å². The Morgan fingerprint density at radius 3 is 2.45 bits per heavy atom. The minimum atomic E-state index is -0.178. The molecule has 0 aliphatic carbocycles. The van der Waals surface area contributed by atoms with Crippen LogP contribution in [0.4, 0.5) is 0 Å². The first kappa shape index (κ1) is 18.8. The Bertz CT molecular complexity index is 1180. The van der Waals surface area contributed by atoms with E-state index in [0.717, 1.165) is 17.1 Å². The first-order valence-corrected chi connectivity index (χ1v) is 9.63. The zero-order chi connectivity index (χ0) is 20.2. The van der Waals surface area contributed by atoms with Gasteiger partial charge in [-0.1, -0.05) is 48.5 Å². The standard InChI is InChI=1S/C21H20N6OS/c1-26-18(23-24-21(26)29)12-13-22-20(28)17-14-27(16-10-6-3-7-11-16)25-19(17)15-8-4-2-5-9-15/h2-11,14H,12-13H2,1H3,(H,22,28)(H,24,29).